The van der Waals surface area contributed by atoms with Crippen LogP contribution < -0.4 is 5.32 Å². The Kier molecular flexibility index (Phi) is 6.16. The number of carbonyl (C=O) groups is 1. The second-order valence-corrected chi connectivity index (χ2v) is 10.8. The highest BCUT2D eigenvalue weighted by Crippen LogP contribution is 2.43. The number of aromatic nitrogens is 1. The van der Waals surface area contributed by atoms with Crippen molar-refractivity contribution in [1.29, 1.82) is 5.26 Å². The first kappa shape index (κ1) is 23.7. The summed E-state index contributed by atoms with van der Waals surface area (Å²) in [7, 11) is 0. The van der Waals surface area contributed by atoms with E-state index < -0.39 is 0 Å². The number of hydrogen-bond donors (Lipinski definition) is 1. The smallest absolute Gasteiger partial charge is 0.253 e. The van der Waals surface area contributed by atoms with Crippen LogP contribution in [-0.4, -0.2) is 34.6 Å². The number of nitrogens with zero attached hydrogens (tertiary/aromatic N) is 3. The number of likely N-dealkylation sites (tertiary alicyclic amines) is 1. The van der Waals surface area contributed by atoms with E-state index in [-0.39, 0.29) is 12.0 Å². The normalized spacial score (nSPS) is 18.3. The lowest BCUT2D eigenvalue weighted by molar-refractivity contribution is 0.0793. The minimum Gasteiger partial charge on any atom is -0.476 e. The van der Waals surface area contributed by atoms with Gasteiger partial charge in [-0.15, -0.1) is 0 Å². The van der Waals surface area contributed by atoms with Crippen molar-refractivity contribution < 1.29 is 9.53 Å². The second-order valence-electron chi connectivity index (χ2n) is 10.8. The van der Waals surface area contributed by atoms with E-state index in [1.165, 1.54) is 19.3 Å². The van der Waals surface area contributed by atoms with Crippen molar-refractivity contribution >= 4 is 22.5 Å². The standard InChI is InChI=1S/C31H34N4O2/c1-20(22-8-9-22)37-21(2)33-25-13-10-23(11-14-25)30-28(19-32)27-15-12-24(31(36)34-16-3-4-17-34)18-29(27)35(30)26-6-5-7-26/h10-15,18,20,22,26,33H,2-9,16-17H2,1H3/t20-/m1/s1. The highest BCUT2D eigenvalue weighted by Gasteiger charge is 2.30. The fourth-order valence-corrected chi connectivity index (χ4v) is 5.76. The lowest BCUT2D eigenvalue weighted by atomic mass is 9.92. The summed E-state index contributed by atoms with van der Waals surface area (Å²) >= 11 is 0. The number of hydrogen-bond acceptors (Lipinski definition) is 4. The van der Waals surface area contributed by atoms with E-state index >= 15 is 0 Å². The molecule has 6 nitrogen and oxygen atoms in total. The van der Waals surface area contributed by atoms with Crippen LogP contribution in [-0.2, 0) is 4.74 Å². The summed E-state index contributed by atoms with van der Waals surface area (Å²) in [5, 5.41) is 14.4. The molecule has 2 aliphatic carbocycles. The van der Waals surface area contributed by atoms with Gasteiger partial charge in [-0.25, -0.2) is 0 Å². The first-order chi connectivity index (χ1) is 18.0. The van der Waals surface area contributed by atoms with Crippen LogP contribution in [0.15, 0.2) is 54.9 Å². The molecule has 1 N–H and O–H groups in total. The van der Waals surface area contributed by atoms with Crippen molar-refractivity contribution in [2.45, 2.75) is 64.0 Å². The van der Waals surface area contributed by atoms with Crippen LogP contribution >= 0.6 is 0 Å². The van der Waals surface area contributed by atoms with Crippen molar-refractivity contribution in [1.82, 2.24) is 9.47 Å². The predicted octanol–water partition coefficient (Wildman–Crippen LogP) is 6.84. The third-order valence-electron chi connectivity index (χ3n) is 8.25. The third-order valence-corrected chi connectivity index (χ3v) is 8.25. The maximum Gasteiger partial charge on any atom is 0.253 e. The van der Waals surface area contributed by atoms with Crippen molar-refractivity contribution in [3.8, 4) is 17.3 Å². The Morgan fingerprint density at radius 2 is 1.81 bits per heavy atom. The second kappa shape index (κ2) is 9.63. The lowest BCUT2D eigenvalue weighted by Crippen LogP contribution is -2.27. The minimum absolute atomic E-state index is 0.0923. The van der Waals surface area contributed by atoms with Gasteiger partial charge in [0.1, 0.15) is 12.2 Å². The van der Waals surface area contributed by atoms with Gasteiger partial charge in [-0.2, -0.15) is 5.26 Å². The average molecular weight is 495 g/mol. The molecule has 0 unspecified atom stereocenters. The van der Waals surface area contributed by atoms with Crippen LogP contribution in [0.5, 0.6) is 0 Å². The number of fused-ring (bicyclic) bond motifs is 1. The van der Waals surface area contributed by atoms with E-state index in [9.17, 15) is 10.1 Å². The zero-order valence-electron chi connectivity index (χ0n) is 21.5. The monoisotopic (exact) mass is 494 g/mol. The Balaban J connectivity index is 1.34. The molecule has 2 heterocycles. The molecule has 1 aliphatic heterocycles. The number of nitrogens with one attached hydrogen (secondary N) is 1. The highest BCUT2D eigenvalue weighted by molar-refractivity contribution is 6.01. The van der Waals surface area contributed by atoms with Gasteiger partial charge in [0.2, 0.25) is 0 Å². The third kappa shape index (κ3) is 4.48. The molecular weight excluding hydrogens is 460 g/mol. The zero-order valence-corrected chi connectivity index (χ0v) is 21.5. The number of carbonyl (C=O) groups excluding carboxylic acids is 1. The summed E-state index contributed by atoms with van der Waals surface area (Å²) < 4.78 is 8.25. The fourth-order valence-electron chi connectivity index (χ4n) is 5.76. The molecule has 2 saturated carbocycles. The molecule has 1 aromatic heterocycles. The van der Waals surface area contributed by atoms with Gasteiger partial charge in [-0.05, 0) is 94.2 Å². The molecule has 0 bridgehead atoms. The van der Waals surface area contributed by atoms with E-state index in [1.807, 2.05) is 35.2 Å². The fraction of sp³-hybridized carbons (Fsp3) is 0.419. The number of anilines is 1. The Morgan fingerprint density at radius 3 is 2.43 bits per heavy atom. The lowest BCUT2D eigenvalue weighted by Gasteiger charge is -2.30. The molecule has 37 heavy (non-hydrogen) atoms. The van der Waals surface area contributed by atoms with Crippen LogP contribution in [0.1, 0.15) is 73.8 Å². The molecule has 3 fully saturated rings. The van der Waals surface area contributed by atoms with Crippen LogP contribution in [0.4, 0.5) is 5.69 Å². The maximum absolute atomic E-state index is 13.1. The largest absolute Gasteiger partial charge is 0.476 e. The summed E-state index contributed by atoms with van der Waals surface area (Å²) in [4.78, 5) is 15.1. The van der Waals surface area contributed by atoms with E-state index in [4.69, 9.17) is 4.74 Å². The van der Waals surface area contributed by atoms with Gasteiger partial charge in [0.15, 0.2) is 5.88 Å². The summed E-state index contributed by atoms with van der Waals surface area (Å²) in [6, 6.07) is 16.8. The predicted molar refractivity (Wildman–Crippen MR) is 146 cm³/mol. The van der Waals surface area contributed by atoms with Gasteiger partial charge >= 0.3 is 0 Å². The average Bonchev–Trinajstić information content (AvgIpc) is 3.49. The van der Waals surface area contributed by atoms with Gasteiger partial charge in [0.05, 0.1) is 16.8 Å². The SMILES string of the molecule is C=C(Nc1ccc(-c2c(C#N)c3ccc(C(=O)N4CCCC4)cc3n2C2CCC2)cc1)O[C@H](C)C1CC1. The summed E-state index contributed by atoms with van der Waals surface area (Å²) in [5.74, 6) is 1.29. The molecule has 1 saturated heterocycles. The summed E-state index contributed by atoms with van der Waals surface area (Å²) in [6.07, 6.45) is 8.13. The van der Waals surface area contributed by atoms with Crippen LogP contribution in [0, 0.1) is 17.2 Å². The number of benzene rings is 2. The van der Waals surface area contributed by atoms with Crippen LogP contribution in [0.2, 0.25) is 0 Å². The van der Waals surface area contributed by atoms with Crippen molar-refractivity contribution in [2.24, 2.45) is 5.92 Å². The number of amides is 1. The van der Waals surface area contributed by atoms with Crippen molar-refractivity contribution in [3.63, 3.8) is 0 Å². The summed E-state index contributed by atoms with van der Waals surface area (Å²) in [6.45, 7) is 7.78. The Morgan fingerprint density at radius 1 is 1.08 bits per heavy atom. The van der Waals surface area contributed by atoms with Gasteiger partial charge in [0, 0.05) is 35.8 Å². The molecule has 2 aromatic carbocycles. The number of ether oxygens (including phenoxy) is 1. The molecule has 190 valence electrons. The van der Waals surface area contributed by atoms with E-state index in [0.717, 1.165) is 66.6 Å². The topological polar surface area (TPSA) is 70.3 Å². The number of rotatable bonds is 8. The molecule has 6 rings (SSSR count). The van der Waals surface area contributed by atoms with Crippen molar-refractivity contribution in [2.75, 3.05) is 18.4 Å². The van der Waals surface area contributed by atoms with Crippen molar-refractivity contribution in [3.05, 3.63) is 66.1 Å². The molecule has 3 aromatic rings. The maximum atomic E-state index is 13.1. The van der Waals surface area contributed by atoms with E-state index in [2.05, 4.69) is 41.6 Å². The minimum atomic E-state index is 0.0923. The molecule has 0 spiro atoms. The first-order valence-corrected chi connectivity index (χ1v) is 13.6. The van der Waals surface area contributed by atoms with E-state index in [0.29, 0.717) is 29.0 Å². The van der Waals surface area contributed by atoms with Gasteiger partial charge < -0.3 is 19.5 Å². The first-order valence-electron chi connectivity index (χ1n) is 13.6. The molecule has 0 radical (unpaired) electrons. The van der Waals surface area contributed by atoms with E-state index in [1.54, 1.807) is 0 Å². The van der Waals surface area contributed by atoms with Gasteiger partial charge in [0.25, 0.3) is 5.91 Å². The molecule has 1 amide bonds. The Hall–Kier alpha value is -3.72. The highest BCUT2D eigenvalue weighted by atomic mass is 16.5. The molecule has 6 heteroatoms. The zero-order chi connectivity index (χ0) is 25.5. The van der Waals surface area contributed by atoms with Gasteiger partial charge in [-0.1, -0.05) is 18.2 Å². The Bertz CT molecular complexity index is 1380. The van der Waals surface area contributed by atoms with Crippen LogP contribution in [0.25, 0.3) is 22.2 Å². The molecule has 1 atom stereocenters. The van der Waals surface area contributed by atoms with Gasteiger partial charge in [-0.3, -0.25) is 4.79 Å². The van der Waals surface area contributed by atoms with Crippen LogP contribution in [0.3, 0.4) is 0 Å². The number of nitriles is 1. The molecular formula is C31H34N4O2. The Labute approximate surface area is 218 Å². The quantitative estimate of drug-likeness (QED) is 0.348. The summed E-state index contributed by atoms with van der Waals surface area (Å²) in [5.41, 5.74) is 5.21. The molecule has 3 aliphatic rings.